The summed E-state index contributed by atoms with van der Waals surface area (Å²) in [5, 5.41) is 0. The lowest BCUT2D eigenvalue weighted by Crippen LogP contribution is -2.49. The van der Waals surface area contributed by atoms with Crippen molar-refractivity contribution < 1.29 is 14.2 Å². The predicted molar refractivity (Wildman–Crippen MR) is 80.6 cm³/mol. The van der Waals surface area contributed by atoms with Gasteiger partial charge in [-0.05, 0) is 18.1 Å². The van der Waals surface area contributed by atoms with Crippen molar-refractivity contribution in [1.82, 2.24) is 0 Å². The van der Waals surface area contributed by atoms with Crippen LogP contribution >= 0.6 is 11.8 Å². The predicted octanol–water partition coefficient (Wildman–Crippen LogP) is 3.60. The SMILES string of the molecule is CCSC1OC2COC(c3ccccc3)O[C@H]2C[C@@H]1C. The van der Waals surface area contributed by atoms with Gasteiger partial charge in [0.2, 0.25) is 0 Å². The molecule has 2 aliphatic heterocycles. The van der Waals surface area contributed by atoms with E-state index in [1.165, 1.54) is 0 Å². The van der Waals surface area contributed by atoms with Crippen LogP contribution in [-0.4, -0.2) is 30.0 Å². The first-order chi connectivity index (χ1) is 9.78. The topological polar surface area (TPSA) is 27.7 Å². The van der Waals surface area contributed by atoms with Gasteiger partial charge in [-0.1, -0.05) is 44.2 Å². The average Bonchev–Trinajstić information content (AvgIpc) is 2.49. The third-order valence-electron chi connectivity index (χ3n) is 3.91. The van der Waals surface area contributed by atoms with Gasteiger partial charge in [0.15, 0.2) is 6.29 Å². The molecule has 0 saturated carbocycles. The molecular formula is C16H22O3S. The molecule has 20 heavy (non-hydrogen) atoms. The number of thioether (sulfide) groups is 1. The van der Waals surface area contributed by atoms with Crippen molar-refractivity contribution in [3.05, 3.63) is 35.9 Å². The highest BCUT2D eigenvalue weighted by Gasteiger charge is 2.41. The lowest BCUT2D eigenvalue weighted by atomic mass is 9.96. The summed E-state index contributed by atoms with van der Waals surface area (Å²) in [4.78, 5) is 0. The molecule has 110 valence electrons. The standard InChI is InChI=1S/C16H22O3S/c1-3-20-16-11(2)9-13-14(19-16)10-17-15(18-13)12-7-5-4-6-8-12/h4-8,11,13-16H,3,9-10H2,1-2H3/t11-,13-,14?,15?,16?/m0/s1. The Morgan fingerprint density at radius 2 is 1.95 bits per heavy atom. The molecule has 3 unspecified atom stereocenters. The van der Waals surface area contributed by atoms with Crippen molar-refractivity contribution in [1.29, 1.82) is 0 Å². The second-order valence-corrected chi connectivity index (χ2v) is 6.84. The van der Waals surface area contributed by atoms with Crippen LogP contribution in [0.3, 0.4) is 0 Å². The molecule has 1 aromatic carbocycles. The fourth-order valence-electron chi connectivity index (χ4n) is 2.85. The summed E-state index contributed by atoms with van der Waals surface area (Å²) in [7, 11) is 0. The van der Waals surface area contributed by atoms with Crippen LogP contribution in [0.25, 0.3) is 0 Å². The zero-order valence-corrected chi connectivity index (χ0v) is 12.8. The van der Waals surface area contributed by atoms with Crippen molar-refractivity contribution in [3.63, 3.8) is 0 Å². The van der Waals surface area contributed by atoms with E-state index in [2.05, 4.69) is 13.8 Å². The smallest absolute Gasteiger partial charge is 0.184 e. The maximum atomic E-state index is 6.14. The van der Waals surface area contributed by atoms with Gasteiger partial charge in [-0.25, -0.2) is 0 Å². The minimum atomic E-state index is -0.247. The summed E-state index contributed by atoms with van der Waals surface area (Å²) >= 11 is 1.88. The molecule has 1 aromatic rings. The first-order valence-corrected chi connectivity index (χ1v) is 8.42. The number of hydrogen-bond donors (Lipinski definition) is 0. The third-order valence-corrected chi connectivity index (χ3v) is 5.14. The Hall–Kier alpha value is -0.550. The number of hydrogen-bond acceptors (Lipinski definition) is 4. The van der Waals surface area contributed by atoms with Crippen LogP contribution in [0, 0.1) is 5.92 Å². The monoisotopic (exact) mass is 294 g/mol. The van der Waals surface area contributed by atoms with Gasteiger partial charge in [-0.15, -0.1) is 11.8 Å². The third kappa shape index (κ3) is 3.03. The molecule has 0 N–H and O–H groups in total. The normalized spacial score (nSPS) is 37.4. The fraction of sp³-hybridized carbons (Fsp3) is 0.625. The van der Waals surface area contributed by atoms with Crippen molar-refractivity contribution >= 4 is 11.8 Å². The lowest BCUT2D eigenvalue weighted by molar-refractivity contribution is -0.287. The molecule has 0 bridgehead atoms. The van der Waals surface area contributed by atoms with E-state index >= 15 is 0 Å². The van der Waals surface area contributed by atoms with Crippen molar-refractivity contribution in [2.45, 2.75) is 44.2 Å². The molecule has 2 fully saturated rings. The van der Waals surface area contributed by atoms with E-state index in [0.29, 0.717) is 12.5 Å². The highest BCUT2D eigenvalue weighted by molar-refractivity contribution is 7.99. The van der Waals surface area contributed by atoms with Gasteiger partial charge in [0.1, 0.15) is 11.5 Å². The molecule has 0 amide bonds. The van der Waals surface area contributed by atoms with Crippen LogP contribution in [0.15, 0.2) is 30.3 Å². The maximum Gasteiger partial charge on any atom is 0.184 e. The van der Waals surface area contributed by atoms with E-state index in [4.69, 9.17) is 14.2 Å². The molecule has 0 radical (unpaired) electrons. The van der Waals surface area contributed by atoms with E-state index in [1.807, 2.05) is 42.1 Å². The first-order valence-electron chi connectivity index (χ1n) is 7.37. The molecule has 2 aliphatic rings. The molecule has 3 rings (SSSR count). The van der Waals surface area contributed by atoms with Gasteiger partial charge in [-0.2, -0.15) is 0 Å². The minimum absolute atomic E-state index is 0.0789. The molecule has 5 atom stereocenters. The quantitative estimate of drug-likeness (QED) is 0.851. The second kappa shape index (κ2) is 6.48. The molecule has 4 heteroatoms. The van der Waals surface area contributed by atoms with E-state index in [9.17, 15) is 0 Å². The van der Waals surface area contributed by atoms with Crippen LogP contribution in [-0.2, 0) is 14.2 Å². The summed E-state index contributed by atoms with van der Waals surface area (Å²) in [5.41, 5.74) is 1.37. The summed E-state index contributed by atoms with van der Waals surface area (Å²) in [5.74, 6) is 1.61. The summed E-state index contributed by atoms with van der Waals surface area (Å²) < 4.78 is 18.1. The van der Waals surface area contributed by atoms with E-state index < -0.39 is 0 Å². The van der Waals surface area contributed by atoms with Crippen molar-refractivity contribution in [3.8, 4) is 0 Å². The van der Waals surface area contributed by atoms with Crippen molar-refractivity contribution in [2.24, 2.45) is 5.92 Å². The Bertz CT molecular complexity index is 425. The van der Waals surface area contributed by atoms with E-state index in [0.717, 1.165) is 17.7 Å². The van der Waals surface area contributed by atoms with Gasteiger partial charge >= 0.3 is 0 Å². The summed E-state index contributed by atoms with van der Waals surface area (Å²) in [6.45, 7) is 5.05. The summed E-state index contributed by atoms with van der Waals surface area (Å²) in [6, 6.07) is 10.1. The van der Waals surface area contributed by atoms with Crippen LogP contribution in [0.1, 0.15) is 32.1 Å². The molecule has 0 aliphatic carbocycles. The molecular weight excluding hydrogens is 272 g/mol. The molecule has 0 aromatic heterocycles. The van der Waals surface area contributed by atoms with Crippen molar-refractivity contribution in [2.75, 3.05) is 12.4 Å². The highest BCUT2D eigenvalue weighted by Crippen LogP contribution is 2.38. The largest absolute Gasteiger partial charge is 0.359 e. The molecule has 2 saturated heterocycles. The highest BCUT2D eigenvalue weighted by atomic mass is 32.2. The number of fused-ring (bicyclic) bond motifs is 1. The van der Waals surface area contributed by atoms with Crippen LogP contribution in [0.2, 0.25) is 0 Å². The number of ether oxygens (including phenoxy) is 3. The van der Waals surface area contributed by atoms with Gasteiger partial charge < -0.3 is 14.2 Å². The Kier molecular flexibility index (Phi) is 4.66. The van der Waals surface area contributed by atoms with Gasteiger partial charge in [0.25, 0.3) is 0 Å². The maximum absolute atomic E-state index is 6.14. The van der Waals surface area contributed by atoms with E-state index in [-0.39, 0.29) is 23.9 Å². The summed E-state index contributed by atoms with van der Waals surface area (Å²) in [6.07, 6.45) is 1.03. The van der Waals surface area contributed by atoms with Gasteiger partial charge in [-0.3, -0.25) is 0 Å². The van der Waals surface area contributed by atoms with Crippen LogP contribution in [0.5, 0.6) is 0 Å². The van der Waals surface area contributed by atoms with Gasteiger partial charge in [0.05, 0.1) is 12.7 Å². The Labute approximate surface area is 125 Å². The van der Waals surface area contributed by atoms with Crippen LogP contribution < -0.4 is 0 Å². The average molecular weight is 294 g/mol. The van der Waals surface area contributed by atoms with E-state index in [1.54, 1.807) is 0 Å². The number of benzene rings is 1. The Morgan fingerprint density at radius 1 is 1.15 bits per heavy atom. The lowest BCUT2D eigenvalue weighted by Gasteiger charge is -2.44. The second-order valence-electron chi connectivity index (χ2n) is 5.46. The van der Waals surface area contributed by atoms with Crippen LogP contribution in [0.4, 0.5) is 0 Å². The molecule has 2 heterocycles. The minimum Gasteiger partial charge on any atom is -0.359 e. The Balaban J connectivity index is 1.65. The Morgan fingerprint density at radius 3 is 2.70 bits per heavy atom. The van der Waals surface area contributed by atoms with Gasteiger partial charge in [0, 0.05) is 5.56 Å². The zero-order chi connectivity index (χ0) is 13.9. The zero-order valence-electron chi connectivity index (χ0n) is 12.0. The first kappa shape index (κ1) is 14.4. The fourth-order valence-corrected chi connectivity index (χ4v) is 3.84. The molecule has 3 nitrogen and oxygen atoms in total. The molecule has 0 spiro atoms. The number of rotatable bonds is 3.